The number of hydrogen-bond donors (Lipinski definition) is 0. The van der Waals surface area contributed by atoms with E-state index in [0.717, 1.165) is 31.6 Å². The van der Waals surface area contributed by atoms with Crippen molar-refractivity contribution < 1.29 is 19.2 Å². The molecule has 134 valence electrons. The Morgan fingerprint density at radius 1 is 0.852 bits per heavy atom. The molecule has 4 rings (SSSR count). The van der Waals surface area contributed by atoms with Crippen LogP contribution in [0.25, 0.3) is 6.08 Å². The minimum Gasteiger partial charge on any atom is -0.269 e. The van der Waals surface area contributed by atoms with Crippen LogP contribution in [0.1, 0.15) is 26.3 Å². The van der Waals surface area contributed by atoms with E-state index in [1.165, 1.54) is 0 Å². The van der Waals surface area contributed by atoms with E-state index in [1.54, 1.807) is 30.3 Å². The van der Waals surface area contributed by atoms with Crippen molar-refractivity contribution in [1.82, 2.24) is 9.80 Å². The molecule has 27 heavy (non-hydrogen) atoms. The lowest BCUT2D eigenvalue weighted by Crippen LogP contribution is -2.43. The smallest absolute Gasteiger partial charge is 0.269 e. The molecule has 1 fully saturated rings. The summed E-state index contributed by atoms with van der Waals surface area (Å²) >= 11 is 4.14. The van der Waals surface area contributed by atoms with Gasteiger partial charge in [0.25, 0.3) is 23.0 Å². The van der Waals surface area contributed by atoms with Crippen LogP contribution in [0.3, 0.4) is 0 Å². The van der Waals surface area contributed by atoms with Gasteiger partial charge in [0.2, 0.25) is 0 Å². The molecular formula is C19H11BrN2O4S. The molecular weight excluding hydrogens is 432 g/mol. The number of rotatable bonds is 3. The maximum Gasteiger partial charge on any atom is 0.295 e. The van der Waals surface area contributed by atoms with Gasteiger partial charge in [-0.15, -0.1) is 0 Å². The van der Waals surface area contributed by atoms with E-state index in [0.29, 0.717) is 0 Å². The van der Waals surface area contributed by atoms with Crippen molar-refractivity contribution in [3.63, 3.8) is 0 Å². The van der Waals surface area contributed by atoms with Crippen LogP contribution >= 0.6 is 27.7 Å². The number of thioether (sulfide) groups is 1. The summed E-state index contributed by atoms with van der Waals surface area (Å²) in [5.41, 5.74) is 1.31. The first-order chi connectivity index (χ1) is 13.0. The van der Waals surface area contributed by atoms with Crippen LogP contribution in [0.5, 0.6) is 0 Å². The Morgan fingerprint density at radius 2 is 1.52 bits per heavy atom. The van der Waals surface area contributed by atoms with E-state index >= 15 is 0 Å². The van der Waals surface area contributed by atoms with Gasteiger partial charge < -0.3 is 0 Å². The summed E-state index contributed by atoms with van der Waals surface area (Å²) in [4.78, 5) is 51.9. The number of carbonyl (C=O) groups is 4. The van der Waals surface area contributed by atoms with E-state index < -0.39 is 29.6 Å². The molecule has 0 bridgehead atoms. The van der Waals surface area contributed by atoms with Crippen LogP contribution in [0.15, 0.2) is 57.9 Å². The summed E-state index contributed by atoms with van der Waals surface area (Å²) < 4.78 is 0.849. The third kappa shape index (κ3) is 3.11. The fourth-order valence-corrected chi connectivity index (χ4v) is 4.13. The van der Waals surface area contributed by atoms with Crippen molar-refractivity contribution in [3.05, 3.63) is 74.6 Å². The zero-order valence-electron chi connectivity index (χ0n) is 13.7. The Labute approximate surface area is 166 Å². The van der Waals surface area contributed by atoms with Gasteiger partial charge in [-0.2, -0.15) is 0 Å². The van der Waals surface area contributed by atoms with Crippen LogP contribution in [0, 0.1) is 0 Å². The normalized spacial score (nSPS) is 18.0. The topological polar surface area (TPSA) is 74.8 Å². The summed E-state index contributed by atoms with van der Waals surface area (Å²) in [6.07, 6.45) is 1.61. The number of amides is 4. The van der Waals surface area contributed by atoms with Crippen molar-refractivity contribution in [1.29, 1.82) is 0 Å². The molecule has 1 saturated heterocycles. The average Bonchev–Trinajstić information content (AvgIpc) is 3.05. The van der Waals surface area contributed by atoms with E-state index in [2.05, 4.69) is 15.9 Å². The van der Waals surface area contributed by atoms with Gasteiger partial charge in [0.05, 0.1) is 16.0 Å². The highest BCUT2D eigenvalue weighted by Crippen LogP contribution is 2.33. The van der Waals surface area contributed by atoms with Gasteiger partial charge in [-0.25, -0.2) is 4.90 Å². The van der Waals surface area contributed by atoms with Crippen molar-refractivity contribution in [3.8, 4) is 0 Å². The van der Waals surface area contributed by atoms with E-state index in [1.807, 2.05) is 24.3 Å². The second-order valence-corrected chi connectivity index (χ2v) is 7.80. The molecule has 4 amide bonds. The third-order valence-electron chi connectivity index (χ3n) is 4.18. The Hall–Kier alpha value is -2.71. The number of carbonyl (C=O) groups excluding carboxylic acids is 4. The van der Waals surface area contributed by atoms with Crippen LogP contribution in [-0.2, 0) is 4.79 Å². The molecule has 8 heteroatoms. The molecule has 2 aliphatic heterocycles. The molecule has 2 heterocycles. The zero-order chi connectivity index (χ0) is 19.1. The van der Waals surface area contributed by atoms with E-state index in [9.17, 15) is 19.2 Å². The number of hydrogen-bond acceptors (Lipinski definition) is 5. The SMILES string of the molecule is O=C1SC(=Cc2cccc(Br)c2)C(=O)N1CN1C(=O)c2ccccc2C1=O. The lowest BCUT2D eigenvalue weighted by atomic mass is 10.1. The molecule has 6 nitrogen and oxygen atoms in total. The minimum atomic E-state index is -0.526. The predicted octanol–water partition coefficient (Wildman–Crippen LogP) is 3.74. The van der Waals surface area contributed by atoms with Crippen LogP contribution < -0.4 is 0 Å². The number of benzene rings is 2. The van der Waals surface area contributed by atoms with Crippen molar-refractivity contribution in [2.75, 3.05) is 6.67 Å². The van der Waals surface area contributed by atoms with Gasteiger partial charge in [-0.1, -0.05) is 40.2 Å². The first-order valence-corrected chi connectivity index (χ1v) is 9.53. The Kier molecular flexibility index (Phi) is 4.45. The zero-order valence-corrected chi connectivity index (χ0v) is 16.1. The first-order valence-electron chi connectivity index (χ1n) is 7.92. The molecule has 0 aliphatic carbocycles. The Bertz CT molecular complexity index is 1010. The van der Waals surface area contributed by atoms with Gasteiger partial charge in [0, 0.05) is 4.47 Å². The van der Waals surface area contributed by atoms with Gasteiger partial charge >= 0.3 is 0 Å². The fraction of sp³-hybridized carbons (Fsp3) is 0.0526. The van der Waals surface area contributed by atoms with E-state index in [-0.39, 0.29) is 16.0 Å². The summed E-state index contributed by atoms with van der Waals surface area (Å²) in [7, 11) is 0. The molecule has 0 aromatic heterocycles. The third-order valence-corrected chi connectivity index (χ3v) is 5.58. The molecule has 0 spiro atoms. The lowest BCUT2D eigenvalue weighted by Gasteiger charge is -2.19. The molecule has 0 unspecified atom stereocenters. The van der Waals surface area contributed by atoms with Crippen molar-refractivity contribution in [2.24, 2.45) is 0 Å². The minimum absolute atomic E-state index is 0.245. The van der Waals surface area contributed by atoms with Gasteiger partial charge in [-0.05, 0) is 47.7 Å². The number of halogens is 1. The Balaban J connectivity index is 1.57. The van der Waals surface area contributed by atoms with Gasteiger partial charge in [0.15, 0.2) is 0 Å². The lowest BCUT2D eigenvalue weighted by molar-refractivity contribution is -0.123. The van der Waals surface area contributed by atoms with Crippen LogP contribution in [0.4, 0.5) is 4.79 Å². The maximum atomic E-state index is 12.6. The molecule has 0 radical (unpaired) electrons. The second kappa shape index (κ2) is 6.79. The van der Waals surface area contributed by atoms with Gasteiger partial charge in [-0.3, -0.25) is 24.1 Å². The van der Waals surface area contributed by atoms with Crippen molar-refractivity contribution >= 4 is 56.7 Å². The molecule has 0 atom stereocenters. The summed E-state index contributed by atoms with van der Waals surface area (Å²) in [5, 5.41) is -0.516. The maximum absolute atomic E-state index is 12.6. The molecule has 2 aliphatic rings. The predicted molar refractivity (Wildman–Crippen MR) is 104 cm³/mol. The van der Waals surface area contributed by atoms with Crippen molar-refractivity contribution in [2.45, 2.75) is 0 Å². The summed E-state index contributed by atoms with van der Waals surface area (Å²) in [6.45, 7) is -0.396. The second-order valence-electron chi connectivity index (χ2n) is 5.89. The molecule has 0 saturated carbocycles. The molecule has 0 N–H and O–H groups in total. The molecule has 2 aromatic rings. The number of fused-ring (bicyclic) bond motifs is 1. The summed E-state index contributed by atoms with van der Waals surface area (Å²) in [6, 6.07) is 13.7. The Morgan fingerprint density at radius 3 is 2.15 bits per heavy atom. The molecule has 2 aromatic carbocycles. The number of imide groups is 2. The van der Waals surface area contributed by atoms with Gasteiger partial charge in [0.1, 0.15) is 6.67 Å². The van der Waals surface area contributed by atoms with Crippen LogP contribution in [0.2, 0.25) is 0 Å². The summed E-state index contributed by atoms with van der Waals surface area (Å²) in [5.74, 6) is -1.54. The van der Waals surface area contributed by atoms with E-state index in [4.69, 9.17) is 0 Å². The average molecular weight is 443 g/mol. The standard InChI is InChI=1S/C19H11BrN2O4S/c20-12-5-3-4-11(8-12)9-15-18(25)22(19(26)27-15)10-21-16(23)13-6-1-2-7-14(13)17(21)24/h1-9H,10H2. The monoisotopic (exact) mass is 442 g/mol. The largest absolute Gasteiger partial charge is 0.295 e. The highest BCUT2D eigenvalue weighted by Gasteiger charge is 2.42. The highest BCUT2D eigenvalue weighted by molar-refractivity contribution is 9.10. The number of nitrogens with zero attached hydrogens (tertiary/aromatic N) is 2. The fourth-order valence-electron chi connectivity index (χ4n) is 2.88. The highest BCUT2D eigenvalue weighted by atomic mass is 79.9. The van der Waals surface area contributed by atoms with Crippen LogP contribution in [-0.4, -0.2) is 39.4 Å². The quantitative estimate of drug-likeness (QED) is 0.534. The first kappa shape index (κ1) is 17.7.